The number of benzene rings is 1. The molecule has 7 nitrogen and oxygen atoms in total. The quantitative estimate of drug-likeness (QED) is 0.677. The minimum Gasteiger partial charge on any atom is -0.480 e. The van der Waals surface area contributed by atoms with E-state index in [4.69, 9.17) is 27.9 Å². The third kappa shape index (κ3) is 3.44. The van der Waals surface area contributed by atoms with Crippen molar-refractivity contribution >= 4 is 40.5 Å². The fourth-order valence-electron chi connectivity index (χ4n) is 1.67. The Balaban J connectivity index is 2.28. The lowest BCUT2D eigenvalue weighted by atomic mass is 10.2. The molecule has 0 aliphatic carbocycles. The van der Waals surface area contributed by atoms with E-state index in [1.54, 1.807) is 0 Å². The summed E-state index contributed by atoms with van der Waals surface area (Å²) in [5, 5.41) is 13.4. The molecule has 1 amide bonds. The maximum atomic E-state index is 12.2. The molecule has 0 unspecified atom stereocenters. The molecule has 0 aliphatic heterocycles. The van der Waals surface area contributed by atoms with E-state index in [0.717, 1.165) is 6.07 Å². The van der Waals surface area contributed by atoms with E-state index >= 15 is 0 Å². The van der Waals surface area contributed by atoms with Crippen LogP contribution < -0.4 is 10.1 Å². The number of rotatable bonds is 4. The molecule has 2 rings (SSSR count). The highest BCUT2D eigenvalue weighted by Gasteiger charge is 2.16. The van der Waals surface area contributed by atoms with E-state index in [-0.39, 0.29) is 27.8 Å². The van der Waals surface area contributed by atoms with Crippen LogP contribution in [0.3, 0.4) is 0 Å². The molecule has 0 radical (unpaired) electrons. The Labute approximate surface area is 135 Å². The van der Waals surface area contributed by atoms with Crippen LogP contribution in [0.4, 0.5) is 11.4 Å². The lowest BCUT2D eigenvalue weighted by molar-refractivity contribution is -0.384. The Morgan fingerprint density at radius 1 is 1.36 bits per heavy atom. The first-order chi connectivity index (χ1) is 10.4. The van der Waals surface area contributed by atoms with Gasteiger partial charge in [0.1, 0.15) is 10.7 Å². The zero-order valence-corrected chi connectivity index (χ0v) is 12.7. The molecule has 2 aromatic rings. The number of methoxy groups -OCH3 is 1. The second-order valence-electron chi connectivity index (χ2n) is 4.09. The molecule has 0 atom stereocenters. The molecule has 0 bridgehead atoms. The first-order valence-electron chi connectivity index (χ1n) is 5.87. The van der Waals surface area contributed by atoms with Crippen LogP contribution in [-0.2, 0) is 0 Å². The zero-order valence-electron chi connectivity index (χ0n) is 11.2. The summed E-state index contributed by atoms with van der Waals surface area (Å²) in [6.07, 6.45) is 1.37. The second-order valence-corrected chi connectivity index (χ2v) is 4.93. The van der Waals surface area contributed by atoms with Crippen molar-refractivity contribution in [3.63, 3.8) is 0 Å². The minimum atomic E-state index is -0.631. The normalized spacial score (nSPS) is 10.1. The summed E-state index contributed by atoms with van der Waals surface area (Å²) in [5.74, 6) is -0.343. The van der Waals surface area contributed by atoms with Crippen molar-refractivity contribution in [1.29, 1.82) is 0 Å². The third-order valence-corrected chi connectivity index (χ3v) is 3.18. The Morgan fingerprint density at radius 3 is 2.68 bits per heavy atom. The Hall–Kier alpha value is -2.38. The molecule has 22 heavy (non-hydrogen) atoms. The van der Waals surface area contributed by atoms with Gasteiger partial charge in [0.15, 0.2) is 0 Å². The standard InChI is InChI=1S/C13H9Cl2N3O4/c1-22-13-10(5-8(14)6-16-13)17-12(19)7-2-3-11(18(20)21)9(15)4-7/h2-6H,1H3,(H,17,19). The molecule has 1 aromatic heterocycles. The van der Waals surface area contributed by atoms with Crippen molar-refractivity contribution in [2.75, 3.05) is 12.4 Å². The van der Waals surface area contributed by atoms with Crippen molar-refractivity contribution in [3.8, 4) is 5.88 Å². The molecular formula is C13H9Cl2N3O4. The molecule has 1 heterocycles. The average molecular weight is 342 g/mol. The number of hydrogen-bond acceptors (Lipinski definition) is 5. The van der Waals surface area contributed by atoms with Crippen LogP contribution in [-0.4, -0.2) is 22.9 Å². The maximum absolute atomic E-state index is 12.2. The molecule has 0 saturated heterocycles. The van der Waals surface area contributed by atoms with Crippen molar-refractivity contribution in [1.82, 2.24) is 4.98 Å². The predicted octanol–water partition coefficient (Wildman–Crippen LogP) is 3.56. The van der Waals surface area contributed by atoms with Crippen LogP contribution in [0, 0.1) is 10.1 Å². The van der Waals surface area contributed by atoms with Crippen LogP contribution in [0.5, 0.6) is 5.88 Å². The second kappa shape index (κ2) is 6.59. The number of halogens is 2. The van der Waals surface area contributed by atoms with E-state index in [1.807, 2.05) is 0 Å². The van der Waals surface area contributed by atoms with Crippen LogP contribution in [0.15, 0.2) is 30.5 Å². The first-order valence-corrected chi connectivity index (χ1v) is 6.63. The van der Waals surface area contributed by atoms with Crippen molar-refractivity contribution in [2.45, 2.75) is 0 Å². The maximum Gasteiger partial charge on any atom is 0.287 e. The van der Waals surface area contributed by atoms with Gasteiger partial charge in [0, 0.05) is 17.8 Å². The summed E-state index contributed by atoms with van der Waals surface area (Å²) >= 11 is 11.6. The number of nitro groups is 1. The molecule has 0 fully saturated rings. The van der Waals surface area contributed by atoms with Crippen LogP contribution in [0.25, 0.3) is 0 Å². The van der Waals surface area contributed by atoms with Gasteiger partial charge < -0.3 is 10.1 Å². The van der Waals surface area contributed by atoms with Crippen molar-refractivity contribution < 1.29 is 14.5 Å². The summed E-state index contributed by atoms with van der Waals surface area (Å²) in [6, 6.07) is 5.13. The number of nitrogens with one attached hydrogen (secondary N) is 1. The number of aromatic nitrogens is 1. The SMILES string of the molecule is COc1ncc(Cl)cc1NC(=O)c1ccc([N+](=O)[O-])c(Cl)c1. The van der Waals surface area contributed by atoms with Crippen LogP contribution >= 0.6 is 23.2 Å². The number of amides is 1. The van der Waals surface area contributed by atoms with Crippen molar-refractivity contribution in [3.05, 3.63) is 56.2 Å². The Kier molecular flexibility index (Phi) is 4.79. The predicted molar refractivity (Wildman–Crippen MR) is 81.9 cm³/mol. The highest BCUT2D eigenvalue weighted by molar-refractivity contribution is 6.33. The van der Waals surface area contributed by atoms with Gasteiger partial charge in [-0.1, -0.05) is 23.2 Å². The fourth-order valence-corrected chi connectivity index (χ4v) is 2.08. The molecule has 0 spiro atoms. The number of anilines is 1. The summed E-state index contributed by atoms with van der Waals surface area (Å²) in [4.78, 5) is 26.1. The number of nitrogens with zero attached hydrogens (tertiary/aromatic N) is 2. The van der Waals surface area contributed by atoms with E-state index < -0.39 is 10.8 Å². The largest absolute Gasteiger partial charge is 0.480 e. The molecular weight excluding hydrogens is 333 g/mol. The minimum absolute atomic E-state index is 0.131. The topological polar surface area (TPSA) is 94.4 Å². The zero-order chi connectivity index (χ0) is 16.3. The Bertz CT molecular complexity index is 752. The summed E-state index contributed by atoms with van der Waals surface area (Å²) in [6.45, 7) is 0. The number of ether oxygens (including phenoxy) is 1. The van der Waals surface area contributed by atoms with Gasteiger partial charge in [-0.3, -0.25) is 14.9 Å². The smallest absolute Gasteiger partial charge is 0.287 e. The Morgan fingerprint density at radius 2 is 2.09 bits per heavy atom. The number of hydrogen-bond donors (Lipinski definition) is 1. The van der Waals surface area contributed by atoms with E-state index in [1.165, 1.54) is 31.5 Å². The summed E-state index contributed by atoms with van der Waals surface area (Å²) in [7, 11) is 1.40. The number of pyridine rings is 1. The lowest BCUT2D eigenvalue weighted by Gasteiger charge is -2.09. The van der Waals surface area contributed by atoms with Crippen LogP contribution in [0.2, 0.25) is 10.0 Å². The van der Waals surface area contributed by atoms with Gasteiger partial charge in [-0.2, -0.15) is 0 Å². The van der Waals surface area contributed by atoms with E-state index in [2.05, 4.69) is 10.3 Å². The molecule has 9 heteroatoms. The first kappa shape index (κ1) is 16.0. The van der Waals surface area contributed by atoms with Crippen molar-refractivity contribution in [2.24, 2.45) is 0 Å². The van der Waals surface area contributed by atoms with Gasteiger partial charge in [0.25, 0.3) is 11.6 Å². The molecule has 114 valence electrons. The highest BCUT2D eigenvalue weighted by Crippen LogP contribution is 2.27. The van der Waals surface area contributed by atoms with Gasteiger partial charge in [-0.05, 0) is 18.2 Å². The summed E-state index contributed by atoms with van der Waals surface area (Å²) in [5.41, 5.74) is 0.146. The van der Waals surface area contributed by atoms with Gasteiger partial charge >= 0.3 is 0 Å². The fraction of sp³-hybridized carbons (Fsp3) is 0.0769. The van der Waals surface area contributed by atoms with Gasteiger partial charge in [-0.25, -0.2) is 4.98 Å². The van der Waals surface area contributed by atoms with E-state index in [0.29, 0.717) is 5.02 Å². The molecule has 1 aromatic carbocycles. The molecule has 0 saturated carbocycles. The van der Waals surface area contributed by atoms with Gasteiger partial charge in [0.2, 0.25) is 5.88 Å². The summed E-state index contributed by atoms with van der Waals surface area (Å²) < 4.78 is 5.01. The number of carbonyl (C=O) groups is 1. The van der Waals surface area contributed by atoms with Gasteiger partial charge in [0.05, 0.1) is 17.1 Å². The van der Waals surface area contributed by atoms with Crippen LogP contribution in [0.1, 0.15) is 10.4 Å². The van der Waals surface area contributed by atoms with Gasteiger partial charge in [-0.15, -0.1) is 0 Å². The monoisotopic (exact) mass is 341 g/mol. The average Bonchev–Trinajstić information content (AvgIpc) is 2.47. The highest BCUT2D eigenvalue weighted by atomic mass is 35.5. The lowest BCUT2D eigenvalue weighted by Crippen LogP contribution is -2.13. The number of carbonyl (C=O) groups excluding carboxylic acids is 1. The van der Waals surface area contributed by atoms with E-state index in [9.17, 15) is 14.9 Å². The number of nitro benzene ring substituents is 1. The molecule has 0 aliphatic rings. The molecule has 1 N–H and O–H groups in total. The third-order valence-electron chi connectivity index (χ3n) is 2.67.